The van der Waals surface area contributed by atoms with Gasteiger partial charge < -0.3 is 15.8 Å². The lowest BCUT2D eigenvalue weighted by atomic mass is 10.1. The zero-order valence-corrected chi connectivity index (χ0v) is 11.5. The average Bonchev–Trinajstić information content (AvgIpc) is 2.33. The van der Waals surface area contributed by atoms with Gasteiger partial charge in [-0.2, -0.15) is 0 Å². The monoisotopic (exact) mass is 270 g/mol. The Hall–Kier alpha value is -1.26. The lowest BCUT2D eigenvalue weighted by Gasteiger charge is -2.12. The summed E-state index contributed by atoms with van der Waals surface area (Å²) in [5.74, 6) is 0.409. The third-order valence-electron chi connectivity index (χ3n) is 2.44. The predicted octanol–water partition coefficient (Wildman–Crippen LogP) is 2.80. The molecule has 0 heterocycles. The molecule has 0 spiro atoms. The highest BCUT2D eigenvalue weighted by Gasteiger charge is 2.13. The molecule has 0 aliphatic heterocycles. The summed E-state index contributed by atoms with van der Waals surface area (Å²) in [7, 11) is 0. The number of carbonyl (C=O) groups is 1. The molecule has 1 aromatic rings. The quantitative estimate of drug-likeness (QED) is 0.835. The SMILES string of the molecule is CCC[C@@H](N)C(=O)Nc1ccc(OCC)c(Cl)c1. The van der Waals surface area contributed by atoms with E-state index in [9.17, 15) is 4.79 Å². The fourth-order valence-electron chi connectivity index (χ4n) is 1.53. The summed E-state index contributed by atoms with van der Waals surface area (Å²) in [5.41, 5.74) is 6.35. The van der Waals surface area contributed by atoms with E-state index >= 15 is 0 Å². The van der Waals surface area contributed by atoms with Crippen LogP contribution in [0.3, 0.4) is 0 Å². The van der Waals surface area contributed by atoms with Crippen LogP contribution in [-0.4, -0.2) is 18.6 Å². The Labute approximate surface area is 112 Å². The first-order valence-electron chi connectivity index (χ1n) is 6.07. The van der Waals surface area contributed by atoms with Crippen LogP contribution in [0.5, 0.6) is 5.75 Å². The Morgan fingerprint density at radius 2 is 2.22 bits per heavy atom. The van der Waals surface area contributed by atoms with E-state index in [1.807, 2.05) is 13.8 Å². The van der Waals surface area contributed by atoms with Gasteiger partial charge in [0.05, 0.1) is 17.7 Å². The fraction of sp³-hybridized carbons (Fsp3) is 0.462. The van der Waals surface area contributed by atoms with Gasteiger partial charge in [0.25, 0.3) is 0 Å². The Kier molecular flexibility index (Phi) is 5.95. The second-order valence-corrected chi connectivity index (χ2v) is 4.37. The number of benzene rings is 1. The highest BCUT2D eigenvalue weighted by Crippen LogP contribution is 2.27. The maximum atomic E-state index is 11.7. The molecule has 0 aliphatic rings. The van der Waals surface area contributed by atoms with Crippen molar-refractivity contribution in [1.82, 2.24) is 0 Å². The smallest absolute Gasteiger partial charge is 0.241 e. The van der Waals surface area contributed by atoms with E-state index in [0.29, 0.717) is 29.5 Å². The maximum Gasteiger partial charge on any atom is 0.241 e. The number of rotatable bonds is 6. The Balaban J connectivity index is 2.68. The first-order valence-corrected chi connectivity index (χ1v) is 6.45. The van der Waals surface area contributed by atoms with Gasteiger partial charge in [0.1, 0.15) is 5.75 Å². The van der Waals surface area contributed by atoms with Gasteiger partial charge in [-0.25, -0.2) is 0 Å². The summed E-state index contributed by atoms with van der Waals surface area (Å²) in [6, 6.07) is 4.64. The third kappa shape index (κ3) is 4.20. The van der Waals surface area contributed by atoms with Crippen LogP contribution < -0.4 is 15.8 Å². The van der Waals surface area contributed by atoms with Crippen LogP contribution in [-0.2, 0) is 4.79 Å². The average molecular weight is 271 g/mol. The topological polar surface area (TPSA) is 64.4 Å². The molecule has 1 amide bonds. The molecule has 1 atom stereocenters. The molecular weight excluding hydrogens is 252 g/mol. The number of anilines is 1. The predicted molar refractivity (Wildman–Crippen MR) is 74.1 cm³/mol. The molecule has 18 heavy (non-hydrogen) atoms. The minimum atomic E-state index is -0.486. The Morgan fingerprint density at radius 1 is 1.50 bits per heavy atom. The van der Waals surface area contributed by atoms with Crippen molar-refractivity contribution in [3.63, 3.8) is 0 Å². The van der Waals surface area contributed by atoms with Crippen molar-refractivity contribution >= 4 is 23.2 Å². The summed E-state index contributed by atoms with van der Waals surface area (Å²) >= 11 is 6.02. The van der Waals surface area contributed by atoms with Gasteiger partial charge in [-0.1, -0.05) is 24.9 Å². The van der Waals surface area contributed by atoms with E-state index < -0.39 is 6.04 Å². The maximum absolute atomic E-state index is 11.7. The van der Waals surface area contributed by atoms with E-state index in [0.717, 1.165) is 6.42 Å². The van der Waals surface area contributed by atoms with E-state index in [1.54, 1.807) is 18.2 Å². The summed E-state index contributed by atoms with van der Waals surface area (Å²) in [5, 5.41) is 3.20. The molecular formula is C13H19ClN2O2. The van der Waals surface area contributed by atoms with Crippen LogP contribution in [0.15, 0.2) is 18.2 Å². The molecule has 0 fully saturated rings. The summed E-state index contributed by atoms with van der Waals surface area (Å²) in [6.45, 7) is 4.42. The summed E-state index contributed by atoms with van der Waals surface area (Å²) in [6.07, 6.45) is 1.54. The number of nitrogens with two attached hydrogens (primary N) is 1. The Morgan fingerprint density at radius 3 is 2.78 bits per heavy atom. The van der Waals surface area contributed by atoms with E-state index in [-0.39, 0.29) is 5.91 Å². The highest BCUT2D eigenvalue weighted by atomic mass is 35.5. The summed E-state index contributed by atoms with van der Waals surface area (Å²) < 4.78 is 5.31. The first-order chi connectivity index (χ1) is 8.58. The molecule has 5 heteroatoms. The van der Waals surface area contributed by atoms with Crippen molar-refractivity contribution < 1.29 is 9.53 Å². The van der Waals surface area contributed by atoms with Gasteiger partial charge in [0, 0.05) is 5.69 Å². The number of hydrogen-bond acceptors (Lipinski definition) is 3. The second kappa shape index (κ2) is 7.24. The normalized spacial score (nSPS) is 12.0. The second-order valence-electron chi connectivity index (χ2n) is 3.96. The van der Waals surface area contributed by atoms with Gasteiger partial charge in [-0.05, 0) is 31.5 Å². The molecule has 4 nitrogen and oxygen atoms in total. The van der Waals surface area contributed by atoms with Gasteiger partial charge in [-0.15, -0.1) is 0 Å². The van der Waals surface area contributed by atoms with E-state index in [2.05, 4.69) is 5.32 Å². The molecule has 0 aliphatic carbocycles. The number of carbonyl (C=O) groups excluding carboxylic acids is 1. The molecule has 0 bridgehead atoms. The van der Waals surface area contributed by atoms with Crippen molar-refractivity contribution in [1.29, 1.82) is 0 Å². The molecule has 100 valence electrons. The van der Waals surface area contributed by atoms with Gasteiger partial charge in [-0.3, -0.25) is 4.79 Å². The largest absolute Gasteiger partial charge is 0.492 e. The zero-order chi connectivity index (χ0) is 13.5. The minimum absolute atomic E-state index is 0.197. The van der Waals surface area contributed by atoms with Gasteiger partial charge >= 0.3 is 0 Å². The molecule has 0 saturated carbocycles. The first kappa shape index (κ1) is 14.8. The molecule has 0 radical (unpaired) electrons. The summed E-state index contributed by atoms with van der Waals surface area (Å²) in [4.78, 5) is 11.7. The standard InChI is InChI=1S/C13H19ClN2O2/c1-3-5-11(15)13(17)16-9-6-7-12(18-4-2)10(14)8-9/h6-8,11H,3-5,15H2,1-2H3,(H,16,17)/t11-/m1/s1. The van der Waals surface area contributed by atoms with Crippen molar-refractivity contribution in [2.45, 2.75) is 32.7 Å². The molecule has 1 rings (SSSR count). The van der Waals surface area contributed by atoms with Crippen LogP contribution >= 0.6 is 11.6 Å². The van der Waals surface area contributed by atoms with Crippen molar-refractivity contribution in [3.05, 3.63) is 23.2 Å². The van der Waals surface area contributed by atoms with Crippen LogP contribution in [0.1, 0.15) is 26.7 Å². The minimum Gasteiger partial charge on any atom is -0.492 e. The van der Waals surface area contributed by atoms with Crippen LogP contribution in [0.4, 0.5) is 5.69 Å². The molecule has 0 aromatic heterocycles. The molecule has 0 saturated heterocycles. The van der Waals surface area contributed by atoms with Crippen LogP contribution in [0.25, 0.3) is 0 Å². The molecule has 3 N–H and O–H groups in total. The van der Waals surface area contributed by atoms with Crippen LogP contribution in [0.2, 0.25) is 5.02 Å². The van der Waals surface area contributed by atoms with E-state index in [1.165, 1.54) is 0 Å². The lowest BCUT2D eigenvalue weighted by Crippen LogP contribution is -2.35. The van der Waals surface area contributed by atoms with Gasteiger partial charge in [0.15, 0.2) is 0 Å². The molecule has 0 unspecified atom stereocenters. The number of nitrogens with one attached hydrogen (secondary N) is 1. The van der Waals surface area contributed by atoms with Crippen molar-refractivity contribution in [2.75, 3.05) is 11.9 Å². The third-order valence-corrected chi connectivity index (χ3v) is 2.73. The zero-order valence-electron chi connectivity index (χ0n) is 10.7. The number of amides is 1. The number of hydrogen-bond donors (Lipinski definition) is 2. The Bertz CT molecular complexity index is 410. The van der Waals surface area contributed by atoms with Crippen molar-refractivity contribution in [2.24, 2.45) is 5.73 Å². The van der Waals surface area contributed by atoms with Crippen LogP contribution in [0, 0.1) is 0 Å². The number of ether oxygens (including phenoxy) is 1. The van der Waals surface area contributed by atoms with Gasteiger partial charge in [0.2, 0.25) is 5.91 Å². The highest BCUT2D eigenvalue weighted by molar-refractivity contribution is 6.32. The van der Waals surface area contributed by atoms with E-state index in [4.69, 9.17) is 22.1 Å². The molecule has 1 aromatic carbocycles. The lowest BCUT2D eigenvalue weighted by molar-refractivity contribution is -0.117. The number of halogens is 1. The fourth-order valence-corrected chi connectivity index (χ4v) is 1.76. The van der Waals surface area contributed by atoms with Crippen molar-refractivity contribution in [3.8, 4) is 5.75 Å².